The predicted molar refractivity (Wildman–Crippen MR) is 86.8 cm³/mol. The summed E-state index contributed by atoms with van der Waals surface area (Å²) in [6, 6.07) is 9.19. The van der Waals surface area contributed by atoms with E-state index in [1.54, 1.807) is 7.11 Å². The summed E-state index contributed by atoms with van der Waals surface area (Å²) < 4.78 is 5.39. The van der Waals surface area contributed by atoms with Crippen molar-refractivity contribution < 1.29 is 4.74 Å². The molecule has 1 aromatic rings. The van der Waals surface area contributed by atoms with Crippen LogP contribution in [0, 0.1) is 28.6 Å². The Bertz CT molecular complexity index is 646. The van der Waals surface area contributed by atoms with Crippen LogP contribution in [0.4, 0.5) is 0 Å². The molecule has 2 unspecified atom stereocenters. The maximum atomic E-state index is 10.2. The number of benzene rings is 1. The van der Waals surface area contributed by atoms with Gasteiger partial charge in [0.1, 0.15) is 5.75 Å². The Labute approximate surface area is 133 Å². The normalized spacial score (nSPS) is 39.3. The second-order valence-corrected chi connectivity index (χ2v) is 7.90. The van der Waals surface area contributed by atoms with Crippen molar-refractivity contribution >= 4 is 0 Å². The zero-order valence-electron chi connectivity index (χ0n) is 13.7. The van der Waals surface area contributed by atoms with Crippen LogP contribution >= 0.6 is 0 Å². The van der Waals surface area contributed by atoms with Crippen molar-refractivity contribution in [3.05, 3.63) is 29.3 Å². The van der Waals surface area contributed by atoms with Gasteiger partial charge >= 0.3 is 0 Å². The first-order valence-electron chi connectivity index (χ1n) is 8.72. The fourth-order valence-electron chi connectivity index (χ4n) is 5.90. The van der Waals surface area contributed by atoms with Crippen molar-refractivity contribution in [3.8, 4) is 11.8 Å². The quantitative estimate of drug-likeness (QED) is 0.757. The molecular formula is C20H25NO. The van der Waals surface area contributed by atoms with E-state index in [1.807, 2.05) is 6.07 Å². The third-order valence-electron chi connectivity index (χ3n) is 7.08. The number of rotatable bonds is 1. The summed E-state index contributed by atoms with van der Waals surface area (Å²) in [6.07, 6.45) is 8.59. The Kier molecular flexibility index (Phi) is 3.05. The highest BCUT2D eigenvalue weighted by Gasteiger charge is 2.57. The first-order valence-corrected chi connectivity index (χ1v) is 8.72. The van der Waals surface area contributed by atoms with Crippen LogP contribution in [0.1, 0.15) is 56.6 Å². The minimum atomic E-state index is -0.242. The van der Waals surface area contributed by atoms with E-state index in [9.17, 15) is 5.26 Å². The molecule has 2 saturated carbocycles. The van der Waals surface area contributed by atoms with Crippen LogP contribution < -0.4 is 4.74 Å². The van der Waals surface area contributed by atoms with Gasteiger partial charge in [0.05, 0.1) is 18.6 Å². The van der Waals surface area contributed by atoms with Crippen molar-refractivity contribution in [1.82, 2.24) is 0 Å². The number of nitriles is 1. The topological polar surface area (TPSA) is 33.0 Å². The maximum absolute atomic E-state index is 10.2. The van der Waals surface area contributed by atoms with Gasteiger partial charge in [-0.1, -0.05) is 19.4 Å². The molecule has 0 bridgehead atoms. The van der Waals surface area contributed by atoms with Gasteiger partial charge in [-0.05, 0) is 79.0 Å². The molecule has 0 N–H and O–H groups in total. The maximum Gasteiger partial charge on any atom is 0.119 e. The largest absolute Gasteiger partial charge is 0.497 e. The Morgan fingerprint density at radius 3 is 2.82 bits per heavy atom. The van der Waals surface area contributed by atoms with Crippen LogP contribution in [0.15, 0.2) is 18.2 Å². The monoisotopic (exact) mass is 295 g/mol. The molecule has 1 aromatic carbocycles. The lowest BCUT2D eigenvalue weighted by atomic mass is 9.49. The summed E-state index contributed by atoms with van der Waals surface area (Å²) in [7, 11) is 1.72. The molecule has 0 heterocycles. The van der Waals surface area contributed by atoms with E-state index in [1.165, 1.54) is 43.2 Å². The van der Waals surface area contributed by atoms with Crippen LogP contribution in [-0.2, 0) is 11.8 Å². The number of fused-ring (bicyclic) bond motifs is 5. The Balaban J connectivity index is 1.82. The van der Waals surface area contributed by atoms with Crippen molar-refractivity contribution in [2.45, 2.75) is 57.3 Å². The molecule has 0 radical (unpaired) electrons. The summed E-state index contributed by atoms with van der Waals surface area (Å²) >= 11 is 0. The van der Waals surface area contributed by atoms with E-state index >= 15 is 0 Å². The van der Waals surface area contributed by atoms with E-state index in [-0.39, 0.29) is 5.41 Å². The highest BCUT2D eigenvalue weighted by atomic mass is 16.5. The molecule has 4 atom stereocenters. The molecule has 116 valence electrons. The van der Waals surface area contributed by atoms with Crippen LogP contribution in [0.2, 0.25) is 0 Å². The van der Waals surface area contributed by atoms with Gasteiger partial charge in [0, 0.05) is 0 Å². The van der Waals surface area contributed by atoms with E-state index in [2.05, 4.69) is 25.1 Å². The lowest BCUT2D eigenvalue weighted by molar-refractivity contribution is 0.0309. The van der Waals surface area contributed by atoms with Gasteiger partial charge in [-0.3, -0.25) is 0 Å². The van der Waals surface area contributed by atoms with Crippen LogP contribution in [0.25, 0.3) is 0 Å². The van der Waals surface area contributed by atoms with Crippen LogP contribution in [-0.4, -0.2) is 7.11 Å². The van der Waals surface area contributed by atoms with Crippen molar-refractivity contribution in [3.63, 3.8) is 0 Å². The van der Waals surface area contributed by atoms with Crippen LogP contribution in [0.5, 0.6) is 5.75 Å². The fraction of sp³-hybridized carbons (Fsp3) is 0.650. The molecule has 2 fully saturated rings. The molecule has 0 saturated heterocycles. The number of ether oxygens (including phenoxy) is 1. The first-order chi connectivity index (χ1) is 10.6. The zero-order chi connectivity index (χ0) is 15.4. The predicted octanol–water partition coefficient (Wildman–Crippen LogP) is 4.62. The third kappa shape index (κ3) is 1.72. The molecular weight excluding hydrogens is 270 g/mol. The zero-order valence-corrected chi connectivity index (χ0v) is 13.7. The number of hydrogen-bond donors (Lipinski definition) is 0. The summed E-state index contributed by atoms with van der Waals surface area (Å²) in [5, 5.41) is 10.2. The lowest BCUT2D eigenvalue weighted by Gasteiger charge is -2.53. The molecule has 0 spiro atoms. The van der Waals surface area contributed by atoms with Gasteiger partial charge in [0.25, 0.3) is 0 Å². The summed E-state index contributed by atoms with van der Waals surface area (Å²) in [6.45, 7) is 2.48. The summed E-state index contributed by atoms with van der Waals surface area (Å²) in [5.74, 6) is 2.22. The van der Waals surface area contributed by atoms with E-state index in [0.717, 1.165) is 24.5 Å². The molecule has 4 rings (SSSR count). The number of nitrogens with zero attached hydrogens (tertiary/aromatic N) is 1. The summed E-state index contributed by atoms with van der Waals surface area (Å²) in [4.78, 5) is 0. The lowest BCUT2D eigenvalue weighted by Crippen LogP contribution is -2.50. The smallest absolute Gasteiger partial charge is 0.119 e. The molecule has 0 amide bonds. The van der Waals surface area contributed by atoms with Gasteiger partial charge in [0.2, 0.25) is 0 Å². The van der Waals surface area contributed by atoms with Crippen molar-refractivity contribution in [2.24, 2.45) is 17.3 Å². The molecule has 2 nitrogen and oxygen atoms in total. The number of methoxy groups -OCH3 is 1. The Morgan fingerprint density at radius 1 is 1.18 bits per heavy atom. The highest BCUT2D eigenvalue weighted by Crippen LogP contribution is 2.63. The van der Waals surface area contributed by atoms with Crippen molar-refractivity contribution in [2.75, 3.05) is 7.11 Å². The second-order valence-electron chi connectivity index (χ2n) is 7.90. The second kappa shape index (κ2) is 4.75. The Morgan fingerprint density at radius 2 is 2.05 bits per heavy atom. The van der Waals surface area contributed by atoms with Gasteiger partial charge < -0.3 is 4.74 Å². The average Bonchev–Trinajstić information content (AvgIpc) is 2.95. The van der Waals surface area contributed by atoms with E-state index in [4.69, 9.17) is 4.74 Å². The molecule has 3 aliphatic carbocycles. The minimum absolute atomic E-state index is 0.242. The SMILES string of the molecule is COc1ccc2c(c1)CCC1C3CCC[C@@]3(C)CC[C@]21C#N. The van der Waals surface area contributed by atoms with Gasteiger partial charge in [-0.25, -0.2) is 0 Å². The number of hydrogen-bond acceptors (Lipinski definition) is 2. The Hall–Kier alpha value is -1.49. The number of aryl methyl sites for hydroxylation is 1. The molecule has 22 heavy (non-hydrogen) atoms. The van der Waals surface area contributed by atoms with Gasteiger partial charge in [-0.2, -0.15) is 5.26 Å². The molecule has 2 heteroatoms. The van der Waals surface area contributed by atoms with Gasteiger partial charge in [-0.15, -0.1) is 0 Å². The molecule has 0 aromatic heterocycles. The first kappa shape index (κ1) is 14.1. The van der Waals surface area contributed by atoms with E-state index < -0.39 is 0 Å². The highest BCUT2D eigenvalue weighted by molar-refractivity contribution is 5.47. The van der Waals surface area contributed by atoms with Gasteiger partial charge in [0.15, 0.2) is 0 Å². The summed E-state index contributed by atoms with van der Waals surface area (Å²) in [5.41, 5.74) is 2.91. The average molecular weight is 295 g/mol. The standard InChI is InChI=1S/C20H25NO/c1-19-9-3-4-17(19)18-7-5-14-12-15(22-2)6-8-16(14)20(18,13-21)11-10-19/h6,8,12,17-18H,3-5,7,9-11H2,1-2H3/t17?,18?,19-,20-/m0/s1. The van der Waals surface area contributed by atoms with E-state index in [0.29, 0.717) is 11.3 Å². The van der Waals surface area contributed by atoms with Crippen LogP contribution in [0.3, 0.4) is 0 Å². The third-order valence-corrected chi connectivity index (χ3v) is 7.08. The molecule has 3 aliphatic rings. The minimum Gasteiger partial charge on any atom is -0.497 e. The molecule has 0 aliphatic heterocycles. The van der Waals surface area contributed by atoms with Crippen molar-refractivity contribution in [1.29, 1.82) is 5.26 Å². The fourth-order valence-corrected chi connectivity index (χ4v) is 5.90.